The largest absolute Gasteiger partial charge is 0.329 e. The Morgan fingerprint density at radius 3 is 3.00 bits per heavy atom. The van der Waals surface area contributed by atoms with Crippen molar-refractivity contribution in [2.24, 2.45) is 5.73 Å². The van der Waals surface area contributed by atoms with Gasteiger partial charge < -0.3 is 10.7 Å². The molecule has 0 atom stereocenters. The number of hydrogen-bond acceptors (Lipinski definition) is 3. The monoisotopic (exact) mass is 175 g/mol. The molecule has 0 unspecified atom stereocenters. The van der Waals surface area contributed by atoms with Crippen molar-refractivity contribution in [3.63, 3.8) is 0 Å². The van der Waals surface area contributed by atoms with Gasteiger partial charge in [0.05, 0.1) is 5.39 Å². The summed E-state index contributed by atoms with van der Waals surface area (Å²) in [6.45, 7) is 0.397. The average molecular weight is 175 g/mol. The lowest BCUT2D eigenvalue weighted by Crippen LogP contribution is -2.07. The number of fused-ring (bicyclic) bond motifs is 1. The second-order valence-corrected chi connectivity index (χ2v) is 2.77. The first-order valence-electron chi connectivity index (χ1n) is 3.97. The molecule has 0 spiro atoms. The van der Waals surface area contributed by atoms with Gasteiger partial charge in [0.2, 0.25) is 0 Å². The topological polar surface area (TPSA) is 71.8 Å². The molecule has 0 fully saturated rings. The smallest absolute Gasteiger partial charge is 0.257 e. The maximum Gasteiger partial charge on any atom is 0.257 e. The molecule has 13 heavy (non-hydrogen) atoms. The highest BCUT2D eigenvalue weighted by molar-refractivity contribution is 5.83. The van der Waals surface area contributed by atoms with Crippen LogP contribution in [0.4, 0.5) is 0 Å². The summed E-state index contributed by atoms with van der Waals surface area (Å²) in [5.41, 5.74) is 6.28. The van der Waals surface area contributed by atoms with Crippen molar-refractivity contribution in [3.05, 3.63) is 40.6 Å². The number of rotatable bonds is 1. The second-order valence-electron chi connectivity index (χ2n) is 2.77. The van der Waals surface area contributed by atoms with Gasteiger partial charge in [0.1, 0.15) is 0 Å². The fraction of sp³-hybridized carbons (Fsp3) is 0.111. The number of nitrogens with zero attached hydrogens (tertiary/aromatic N) is 1. The number of H-pyrrole nitrogens is 1. The normalized spacial score (nSPS) is 10.5. The Kier molecular flexibility index (Phi) is 1.83. The van der Waals surface area contributed by atoms with Crippen molar-refractivity contribution in [1.82, 2.24) is 9.97 Å². The molecule has 4 heteroatoms. The van der Waals surface area contributed by atoms with E-state index in [0.717, 1.165) is 10.9 Å². The highest BCUT2D eigenvalue weighted by atomic mass is 16.1. The van der Waals surface area contributed by atoms with E-state index in [1.807, 2.05) is 6.07 Å². The van der Waals surface area contributed by atoms with E-state index in [4.69, 9.17) is 5.73 Å². The van der Waals surface area contributed by atoms with Crippen LogP contribution in [0.2, 0.25) is 0 Å². The number of hydrogen-bond donors (Lipinski definition) is 2. The molecule has 2 aromatic heterocycles. The lowest BCUT2D eigenvalue weighted by molar-refractivity contribution is 1.06. The van der Waals surface area contributed by atoms with E-state index in [1.165, 1.54) is 0 Å². The SMILES string of the molecule is NCc1cncc2c(=O)[nH]ccc12. The second kappa shape index (κ2) is 2.99. The van der Waals surface area contributed by atoms with Crippen LogP contribution in [-0.2, 0) is 6.54 Å². The summed E-state index contributed by atoms with van der Waals surface area (Å²) in [5, 5.41) is 1.46. The summed E-state index contributed by atoms with van der Waals surface area (Å²) in [5.74, 6) is 0. The van der Waals surface area contributed by atoms with Crippen LogP contribution in [0, 0.1) is 0 Å². The van der Waals surface area contributed by atoms with Gasteiger partial charge >= 0.3 is 0 Å². The van der Waals surface area contributed by atoms with Crippen molar-refractivity contribution >= 4 is 10.8 Å². The lowest BCUT2D eigenvalue weighted by atomic mass is 10.1. The number of aromatic nitrogens is 2. The first kappa shape index (κ1) is 7.94. The summed E-state index contributed by atoms with van der Waals surface area (Å²) in [6.07, 6.45) is 4.85. The van der Waals surface area contributed by atoms with Crippen molar-refractivity contribution < 1.29 is 0 Å². The van der Waals surface area contributed by atoms with E-state index in [-0.39, 0.29) is 5.56 Å². The molecule has 2 heterocycles. The first-order valence-corrected chi connectivity index (χ1v) is 3.97. The van der Waals surface area contributed by atoms with Crippen LogP contribution >= 0.6 is 0 Å². The van der Waals surface area contributed by atoms with E-state index < -0.39 is 0 Å². The Labute approximate surface area is 74.4 Å². The highest BCUT2D eigenvalue weighted by Crippen LogP contribution is 2.11. The number of nitrogens with one attached hydrogen (secondary N) is 1. The molecule has 3 N–H and O–H groups in total. The van der Waals surface area contributed by atoms with Crippen molar-refractivity contribution in [2.45, 2.75) is 6.54 Å². The summed E-state index contributed by atoms with van der Waals surface area (Å²) in [7, 11) is 0. The van der Waals surface area contributed by atoms with Crippen LogP contribution in [0.5, 0.6) is 0 Å². The Bertz CT molecular complexity index is 489. The summed E-state index contributed by atoms with van der Waals surface area (Å²) in [6, 6.07) is 1.83. The van der Waals surface area contributed by atoms with Gasteiger partial charge in [-0.3, -0.25) is 9.78 Å². The first-order chi connectivity index (χ1) is 6.33. The van der Waals surface area contributed by atoms with E-state index in [2.05, 4.69) is 9.97 Å². The molecule has 0 radical (unpaired) electrons. The van der Waals surface area contributed by atoms with Crippen molar-refractivity contribution in [2.75, 3.05) is 0 Å². The molecular weight excluding hydrogens is 166 g/mol. The van der Waals surface area contributed by atoms with Crippen LogP contribution in [0.3, 0.4) is 0 Å². The van der Waals surface area contributed by atoms with Crippen LogP contribution < -0.4 is 11.3 Å². The van der Waals surface area contributed by atoms with Gasteiger partial charge in [0, 0.05) is 25.1 Å². The molecule has 0 saturated heterocycles. The molecule has 0 amide bonds. The summed E-state index contributed by atoms with van der Waals surface area (Å²) in [4.78, 5) is 17.8. The van der Waals surface area contributed by atoms with Gasteiger partial charge in [-0.05, 0) is 17.0 Å². The Hall–Kier alpha value is -1.68. The predicted molar refractivity (Wildman–Crippen MR) is 50.3 cm³/mol. The molecule has 66 valence electrons. The van der Waals surface area contributed by atoms with Gasteiger partial charge in [-0.15, -0.1) is 0 Å². The summed E-state index contributed by atoms with van der Waals surface area (Å²) >= 11 is 0. The van der Waals surface area contributed by atoms with Crippen molar-refractivity contribution in [1.29, 1.82) is 0 Å². The average Bonchev–Trinajstić information content (AvgIpc) is 2.18. The summed E-state index contributed by atoms with van der Waals surface area (Å²) < 4.78 is 0. The molecule has 2 aromatic rings. The van der Waals surface area contributed by atoms with Gasteiger partial charge in [-0.25, -0.2) is 0 Å². The van der Waals surface area contributed by atoms with Gasteiger partial charge in [-0.2, -0.15) is 0 Å². The molecule has 0 aromatic carbocycles. The molecule has 0 aliphatic carbocycles. The van der Waals surface area contributed by atoms with Crippen LogP contribution in [0.15, 0.2) is 29.5 Å². The number of pyridine rings is 2. The predicted octanol–water partition coefficient (Wildman–Crippen LogP) is 0.382. The van der Waals surface area contributed by atoms with Crippen molar-refractivity contribution in [3.8, 4) is 0 Å². The van der Waals surface area contributed by atoms with Crippen LogP contribution in [0.1, 0.15) is 5.56 Å². The molecule has 2 rings (SSSR count). The number of aromatic amines is 1. The standard InChI is InChI=1S/C9H9N3O/c10-3-6-4-11-5-8-7(6)1-2-12-9(8)13/h1-2,4-5H,3,10H2,(H,12,13). The van der Waals surface area contributed by atoms with Gasteiger partial charge in [-0.1, -0.05) is 0 Å². The zero-order valence-electron chi connectivity index (χ0n) is 6.95. The Morgan fingerprint density at radius 2 is 2.23 bits per heavy atom. The molecule has 0 bridgehead atoms. The third-order valence-electron chi connectivity index (χ3n) is 2.00. The third-order valence-corrected chi connectivity index (χ3v) is 2.00. The van der Waals surface area contributed by atoms with Gasteiger partial charge in [0.15, 0.2) is 0 Å². The number of nitrogens with two attached hydrogens (primary N) is 1. The maximum absolute atomic E-state index is 11.3. The van der Waals surface area contributed by atoms with E-state index in [0.29, 0.717) is 11.9 Å². The third kappa shape index (κ3) is 1.21. The fourth-order valence-electron chi connectivity index (χ4n) is 1.33. The Morgan fingerprint density at radius 1 is 1.38 bits per heavy atom. The molecular formula is C9H9N3O. The maximum atomic E-state index is 11.3. The Balaban J connectivity index is 2.92. The molecule has 0 saturated carbocycles. The molecule has 4 nitrogen and oxygen atoms in total. The van der Waals surface area contributed by atoms with E-state index in [9.17, 15) is 4.79 Å². The zero-order chi connectivity index (χ0) is 9.26. The molecule has 0 aliphatic rings. The highest BCUT2D eigenvalue weighted by Gasteiger charge is 2.01. The fourth-order valence-corrected chi connectivity index (χ4v) is 1.33. The van der Waals surface area contributed by atoms with E-state index in [1.54, 1.807) is 18.6 Å². The quantitative estimate of drug-likeness (QED) is 0.658. The zero-order valence-corrected chi connectivity index (χ0v) is 6.95. The van der Waals surface area contributed by atoms with Crippen LogP contribution in [0.25, 0.3) is 10.8 Å². The van der Waals surface area contributed by atoms with Gasteiger partial charge in [0.25, 0.3) is 5.56 Å². The lowest BCUT2D eigenvalue weighted by Gasteiger charge is -2.00. The van der Waals surface area contributed by atoms with Crippen LogP contribution in [-0.4, -0.2) is 9.97 Å². The van der Waals surface area contributed by atoms with E-state index >= 15 is 0 Å². The minimum atomic E-state index is -0.125. The minimum absolute atomic E-state index is 0.125. The minimum Gasteiger partial charge on any atom is -0.329 e. The molecule has 0 aliphatic heterocycles.